The Bertz CT molecular complexity index is 515. The molecule has 0 aliphatic rings. The molecule has 2 rings (SSSR count). The van der Waals surface area contributed by atoms with Gasteiger partial charge in [0.05, 0.1) is 5.69 Å². The van der Waals surface area contributed by atoms with Gasteiger partial charge in [0.1, 0.15) is 11.2 Å². The highest BCUT2D eigenvalue weighted by molar-refractivity contribution is 7.18. The van der Waals surface area contributed by atoms with E-state index in [-0.39, 0.29) is 0 Å². The van der Waals surface area contributed by atoms with Gasteiger partial charge in [-0.1, -0.05) is 6.92 Å². The Morgan fingerprint density at radius 1 is 1.35 bits per heavy atom. The summed E-state index contributed by atoms with van der Waals surface area (Å²) in [5, 5.41) is 4.60. The van der Waals surface area contributed by atoms with Gasteiger partial charge in [-0.3, -0.25) is 0 Å². The third-order valence-corrected chi connectivity index (χ3v) is 4.50. The zero-order valence-electron chi connectivity index (χ0n) is 10.9. The van der Waals surface area contributed by atoms with E-state index in [0.717, 1.165) is 17.7 Å². The van der Waals surface area contributed by atoms with E-state index in [9.17, 15) is 0 Å². The molecular formula is C13H19N3S. The lowest BCUT2D eigenvalue weighted by Crippen LogP contribution is -2.27. The molecule has 0 aliphatic carbocycles. The Hall–Kier alpha value is -1.00. The molecule has 0 fully saturated rings. The van der Waals surface area contributed by atoms with E-state index in [0.29, 0.717) is 6.04 Å². The smallest absolute Gasteiger partial charge is 0.127 e. The summed E-state index contributed by atoms with van der Waals surface area (Å²) < 4.78 is 0. The van der Waals surface area contributed by atoms with Gasteiger partial charge in [-0.05, 0) is 32.9 Å². The van der Waals surface area contributed by atoms with Crippen LogP contribution in [0.3, 0.4) is 0 Å². The van der Waals surface area contributed by atoms with Gasteiger partial charge < -0.3 is 5.32 Å². The van der Waals surface area contributed by atoms with Crippen molar-refractivity contribution in [1.29, 1.82) is 0 Å². The molecule has 2 aromatic heterocycles. The molecule has 0 radical (unpaired) electrons. The molecule has 3 nitrogen and oxygen atoms in total. The zero-order chi connectivity index (χ0) is 12.4. The average molecular weight is 249 g/mol. The van der Waals surface area contributed by atoms with E-state index < -0.39 is 0 Å². The molecule has 92 valence electrons. The van der Waals surface area contributed by atoms with Crippen molar-refractivity contribution < 1.29 is 0 Å². The maximum atomic E-state index is 4.47. The lowest BCUT2D eigenvalue weighted by Gasteiger charge is -2.13. The van der Waals surface area contributed by atoms with Gasteiger partial charge in [0.25, 0.3) is 0 Å². The molecule has 17 heavy (non-hydrogen) atoms. The van der Waals surface area contributed by atoms with Crippen LogP contribution >= 0.6 is 11.3 Å². The fourth-order valence-electron chi connectivity index (χ4n) is 2.09. The highest BCUT2D eigenvalue weighted by Crippen LogP contribution is 2.30. The van der Waals surface area contributed by atoms with Gasteiger partial charge in [0, 0.05) is 22.7 Å². The number of thiophene rings is 1. The minimum absolute atomic E-state index is 0.493. The zero-order valence-corrected chi connectivity index (χ0v) is 11.7. The number of hydrogen-bond donors (Lipinski definition) is 1. The molecule has 2 aromatic rings. The van der Waals surface area contributed by atoms with Gasteiger partial charge in [0.15, 0.2) is 0 Å². The van der Waals surface area contributed by atoms with Gasteiger partial charge in [-0.25, -0.2) is 9.97 Å². The Kier molecular flexibility index (Phi) is 3.74. The Balaban J connectivity index is 2.46. The summed E-state index contributed by atoms with van der Waals surface area (Å²) >= 11 is 1.76. The lowest BCUT2D eigenvalue weighted by atomic mass is 10.0. The number of nitrogens with one attached hydrogen (secondary N) is 1. The molecule has 0 saturated heterocycles. The van der Waals surface area contributed by atoms with Crippen LogP contribution in [-0.2, 0) is 6.42 Å². The monoisotopic (exact) mass is 249 g/mol. The first-order chi connectivity index (χ1) is 8.17. The minimum atomic E-state index is 0.493. The first-order valence-corrected chi connectivity index (χ1v) is 6.85. The van der Waals surface area contributed by atoms with Crippen molar-refractivity contribution in [2.75, 3.05) is 7.05 Å². The second-order valence-electron chi connectivity index (χ2n) is 4.38. The van der Waals surface area contributed by atoms with Crippen molar-refractivity contribution in [3.63, 3.8) is 0 Å². The number of fused-ring (bicyclic) bond motifs is 1. The molecule has 0 amide bonds. The summed E-state index contributed by atoms with van der Waals surface area (Å²) in [6.45, 7) is 6.52. The second-order valence-corrected chi connectivity index (χ2v) is 5.58. The third kappa shape index (κ3) is 2.33. The number of aryl methyl sites for hydroxylation is 2. The number of nitrogens with zero attached hydrogens (tertiary/aromatic N) is 2. The Morgan fingerprint density at radius 2 is 2.12 bits per heavy atom. The van der Waals surface area contributed by atoms with E-state index in [4.69, 9.17) is 0 Å². The van der Waals surface area contributed by atoms with Crippen LogP contribution in [0.2, 0.25) is 0 Å². The first-order valence-electron chi connectivity index (χ1n) is 6.04. The van der Waals surface area contributed by atoms with Crippen molar-refractivity contribution in [2.24, 2.45) is 0 Å². The summed E-state index contributed by atoms with van der Waals surface area (Å²) in [6.07, 6.45) is 3.78. The number of rotatable bonds is 4. The van der Waals surface area contributed by atoms with Gasteiger partial charge >= 0.3 is 0 Å². The van der Waals surface area contributed by atoms with Crippen LogP contribution in [0.1, 0.15) is 29.5 Å². The predicted molar refractivity (Wildman–Crippen MR) is 73.7 cm³/mol. The maximum Gasteiger partial charge on any atom is 0.127 e. The fraction of sp³-hybridized carbons (Fsp3) is 0.538. The van der Waals surface area contributed by atoms with Crippen molar-refractivity contribution in [1.82, 2.24) is 15.3 Å². The topological polar surface area (TPSA) is 37.8 Å². The SMILES string of the molecule is CCC(Cc1ncnc2sc(C)c(C)c12)NC. The largest absolute Gasteiger partial charge is 0.317 e. The molecule has 0 bridgehead atoms. The summed E-state index contributed by atoms with van der Waals surface area (Å²) in [4.78, 5) is 11.3. The van der Waals surface area contributed by atoms with Crippen molar-refractivity contribution in [3.8, 4) is 0 Å². The summed E-state index contributed by atoms with van der Waals surface area (Å²) in [6, 6.07) is 0.493. The van der Waals surface area contributed by atoms with Crippen LogP contribution in [0.5, 0.6) is 0 Å². The lowest BCUT2D eigenvalue weighted by molar-refractivity contribution is 0.539. The van der Waals surface area contributed by atoms with E-state index in [1.54, 1.807) is 17.7 Å². The molecular weight excluding hydrogens is 230 g/mol. The van der Waals surface area contributed by atoms with E-state index in [2.05, 4.69) is 36.1 Å². The molecule has 4 heteroatoms. The Labute approximate surface area is 106 Å². The predicted octanol–water partition coefficient (Wildman–Crippen LogP) is 2.85. The maximum absolute atomic E-state index is 4.47. The van der Waals surface area contributed by atoms with Crippen LogP contribution in [0, 0.1) is 13.8 Å². The van der Waals surface area contributed by atoms with Crippen molar-refractivity contribution in [3.05, 3.63) is 22.5 Å². The fourth-order valence-corrected chi connectivity index (χ4v) is 3.11. The second kappa shape index (κ2) is 5.10. The van der Waals surface area contributed by atoms with Crippen LogP contribution in [-0.4, -0.2) is 23.1 Å². The quantitative estimate of drug-likeness (QED) is 0.905. The minimum Gasteiger partial charge on any atom is -0.317 e. The molecule has 2 heterocycles. The standard InChI is InChI=1S/C13H19N3S/c1-5-10(14-4)6-11-12-8(2)9(3)17-13(12)16-7-15-11/h7,10,14H,5-6H2,1-4H3. The molecule has 0 aliphatic heterocycles. The van der Waals surface area contributed by atoms with Gasteiger partial charge in [-0.2, -0.15) is 0 Å². The van der Waals surface area contributed by atoms with Crippen LogP contribution in [0.4, 0.5) is 0 Å². The average Bonchev–Trinajstić information content (AvgIpc) is 2.63. The molecule has 0 spiro atoms. The molecule has 1 unspecified atom stereocenters. The Morgan fingerprint density at radius 3 is 2.76 bits per heavy atom. The summed E-state index contributed by atoms with van der Waals surface area (Å²) in [7, 11) is 2.01. The highest BCUT2D eigenvalue weighted by atomic mass is 32.1. The highest BCUT2D eigenvalue weighted by Gasteiger charge is 2.14. The third-order valence-electron chi connectivity index (χ3n) is 3.38. The number of aromatic nitrogens is 2. The molecule has 0 saturated carbocycles. The normalized spacial score (nSPS) is 13.2. The van der Waals surface area contributed by atoms with E-state index >= 15 is 0 Å². The number of likely N-dealkylation sites (N-methyl/N-ethyl adjacent to an activating group) is 1. The van der Waals surface area contributed by atoms with Crippen LogP contribution < -0.4 is 5.32 Å². The molecule has 1 N–H and O–H groups in total. The van der Waals surface area contributed by atoms with Crippen LogP contribution in [0.25, 0.3) is 10.2 Å². The van der Waals surface area contributed by atoms with E-state index in [1.807, 2.05) is 7.05 Å². The number of hydrogen-bond acceptors (Lipinski definition) is 4. The summed E-state index contributed by atoms with van der Waals surface area (Å²) in [5.41, 5.74) is 2.52. The summed E-state index contributed by atoms with van der Waals surface area (Å²) in [5.74, 6) is 0. The van der Waals surface area contributed by atoms with E-state index in [1.165, 1.54) is 21.5 Å². The molecule has 0 aromatic carbocycles. The molecule has 1 atom stereocenters. The van der Waals surface area contributed by atoms with Crippen molar-refractivity contribution >= 4 is 21.6 Å². The van der Waals surface area contributed by atoms with Crippen LogP contribution in [0.15, 0.2) is 6.33 Å². The van der Waals surface area contributed by atoms with Gasteiger partial charge in [0.2, 0.25) is 0 Å². The van der Waals surface area contributed by atoms with Crippen molar-refractivity contribution in [2.45, 2.75) is 39.7 Å². The van der Waals surface area contributed by atoms with Gasteiger partial charge in [-0.15, -0.1) is 11.3 Å². The first kappa shape index (κ1) is 12.5.